The van der Waals surface area contributed by atoms with E-state index in [1.54, 1.807) is 18.2 Å². The minimum absolute atomic E-state index is 0.288. The molecule has 0 unspecified atom stereocenters. The highest BCUT2D eigenvalue weighted by Gasteiger charge is 2.08. The molecule has 0 radical (unpaired) electrons. The predicted molar refractivity (Wildman–Crippen MR) is 69.3 cm³/mol. The molecule has 0 heterocycles. The number of nitrogens with one attached hydrogen (secondary N) is 1. The molecular weight excluding hydrogens is 321 g/mol. The van der Waals surface area contributed by atoms with E-state index in [9.17, 15) is 9.59 Å². The molecule has 0 fully saturated rings. The van der Waals surface area contributed by atoms with Crippen LogP contribution >= 0.6 is 22.6 Å². The summed E-state index contributed by atoms with van der Waals surface area (Å²) >= 11 is 2.03. The fourth-order valence-corrected chi connectivity index (χ4v) is 1.70. The first-order valence-corrected chi connectivity index (χ1v) is 5.47. The Kier molecular flexibility index (Phi) is 4.48. The minimum atomic E-state index is -0.403. The van der Waals surface area contributed by atoms with Crippen LogP contribution in [0, 0.1) is 3.57 Å². The topological polar surface area (TPSA) is 55.4 Å². The number of rotatable bonds is 3. The van der Waals surface area contributed by atoms with Crippen LogP contribution in [-0.4, -0.2) is 19.0 Å². The van der Waals surface area contributed by atoms with Crippen LogP contribution in [0.5, 0.6) is 0 Å². The molecule has 4 nitrogen and oxygen atoms in total. The summed E-state index contributed by atoms with van der Waals surface area (Å²) in [5.41, 5.74) is 1.08. The zero-order valence-corrected chi connectivity index (χ0v) is 10.8. The zero-order chi connectivity index (χ0) is 12.1. The monoisotopic (exact) mass is 331 g/mol. The average molecular weight is 331 g/mol. The first-order valence-electron chi connectivity index (χ1n) is 4.39. The average Bonchev–Trinajstić information content (AvgIpc) is 2.30. The Morgan fingerprint density at radius 3 is 2.69 bits per heavy atom. The maximum atomic E-state index is 11.2. The van der Waals surface area contributed by atoms with Gasteiger partial charge in [-0.2, -0.15) is 0 Å². The quantitative estimate of drug-likeness (QED) is 0.525. The van der Waals surface area contributed by atoms with Crippen LogP contribution in [0.3, 0.4) is 0 Å². The maximum absolute atomic E-state index is 11.2. The Bertz CT molecular complexity index is 443. The lowest BCUT2D eigenvalue weighted by Crippen LogP contribution is -2.09. The highest BCUT2D eigenvalue weighted by molar-refractivity contribution is 14.1. The van der Waals surface area contributed by atoms with Crippen LogP contribution in [0.1, 0.15) is 10.4 Å². The Balaban J connectivity index is 2.95. The van der Waals surface area contributed by atoms with Gasteiger partial charge in [0.15, 0.2) is 0 Å². The number of hydrogen-bond donors (Lipinski definition) is 1. The summed E-state index contributed by atoms with van der Waals surface area (Å²) in [5, 5.41) is 2.63. The van der Waals surface area contributed by atoms with Gasteiger partial charge in [0.05, 0.1) is 18.4 Å². The number of hydrogen-bond acceptors (Lipinski definition) is 3. The van der Waals surface area contributed by atoms with E-state index >= 15 is 0 Å². The molecule has 0 aromatic heterocycles. The third-order valence-electron chi connectivity index (χ3n) is 1.83. The number of amides is 1. The zero-order valence-electron chi connectivity index (χ0n) is 8.62. The largest absolute Gasteiger partial charge is 0.465 e. The van der Waals surface area contributed by atoms with Crippen molar-refractivity contribution in [2.75, 3.05) is 12.4 Å². The molecule has 0 spiro atoms. The fraction of sp³-hybridized carbons (Fsp3) is 0.0909. The Morgan fingerprint density at radius 2 is 2.19 bits per heavy atom. The van der Waals surface area contributed by atoms with Gasteiger partial charge in [-0.05, 0) is 46.9 Å². The van der Waals surface area contributed by atoms with E-state index in [1.165, 1.54) is 13.2 Å². The van der Waals surface area contributed by atoms with Crippen molar-refractivity contribution < 1.29 is 14.3 Å². The third kappa shape index (κ3) is 3.06. The van der Waals surface area contributed by atoms with Crippen molar-refractivity contribution in [1.29, 1.82) is 0 Å². The van der Waals surface area contributed by atoms with Gasteiger partial charge in [-0.25, -0.2) is 4.79 Å². The highest BCUT2D eigenvalue weighted by Crippen LogP contribution is 2.20. The van der Waals surface area contributed by atoms with E-state index < -0.39 is 5.97 Å². The summed E-state index contributed by atoms with van der Waals surface area (Å²) in [7, 11) is 1.32. The third-order valence-corrected chi connectivity index (χ3v) is 2.73. The van der Waals surface area contributed by atoms with Crippen LogP contribution in [-0.2, 0) is 9.53 Å². The van der Waals surface area contributed by atoms with E-state index in [0.29, 0.717) is 11.3 Å². The summed E-state index contributed by atoms with van der Waals surface area (Å²) in [6, 6.07) is 4.88. The molecule has 1 N–H and O–H groups in total. The normalized spacial score (nSPS) is 9.38. The molecule has 0 saturated heterocycles. The molecular formula is C11H10INO3. The van der Waals surface area contributed by atoms with Gasteiger partial charge in [0.2, 0.25) is 5.91 Å². The van der Waals surface area contributed by atoms with Crippen LogP contribution < -0.4 is 5.32 Å². The second-order valence-corrected chi connectivity index (χ2v) is 4.04. The molecule has 1 aromatic rings. The first kappa shape index (κ1) is 12.7. The molecule has 1 rings (SSSR count). The lowest BCUT2D eigenvalue weighted by Gasteiger charge is -2.06. The molecule has 1 aromatic carbocycles. The van der Waals surface area contributed by atoms with Crippen LogP contribution in [0.2, 0.25) is 0 Å². The van der Waals surface area contributed by atoms with Gasteiger partial charge >= 0.3 is 5.97 Å². The smallest absolute Gasteiger partial charge is 0.337 e. The van der Waals surface area contributed by atoms with Crippen molar-refractivity contribution in [3.8, 4) is 0 Å². The fourth-order valence-electron chi connectivity index (χ4n) is 1.05. The summed E-state index contributed by atoms with van der Waals surface area (Å²) in [4.78, 5) is 22.3. The van der Waals surface area contributed by atoms with Gasteiger partial charge in [-0.1, -0.05) is 6.58 Å². The van der Waals surface area contributed by atoms with Gasteiger partial charge in [0, 0.05) is 3.57 Å². The van der Waals surface area contributed by atoms with E-state index in [2.05, 4.69) is 16.6 Å². The summed E-state index contributed by atoms with van der Waals surface area (Å²) in [6.07, 6.45) is 1.18. The van der Waals surface area contributed by atoms with Gasteiger partial charge in [-0.15, -0.1) is 0 Å². The molecule has 1 amide bonds. The SMILES string of the molecule is C=CC(=O)Nc1ccc(C(=O)OC)cc1I. The van der Waals surface area contributed by atoms with E-state index in [0.717, 1.165) is 3.57 Å². The number of methoxy groups -OCH3 is 1. The Labute approximate surface area is 107 Å². The van der Waals surface area contributed by atoms with Crippen molar-refractivity contribution in [3.63, 3.8) is 0 Å². The number of ether oxygens (including phenoxy) is 1. The van der Waals surface area contributed by atoms with Crippen LogP contribution in [0.25, 0.3) is 0 Å². The Hall–Kier alpha value is -1.37. The summed E-state index contributed by atoms with van der Waals surface area (Å²) in [6.45, 7) is 3.36. The molecule has 0 bridgehead atoms. The van der Waals surface area contributed by atoms with Gasteiger partial charge in [-0.3, -0.25) is 4.79 Å². The van der Waals surface area contributed by atoms with Crippen molar-refractivity contribution in [2.45, 2.75) is 0 Å². The maximum Gasteiger partial charge on any atom is 0.337 e. The molecule has 84 valence electrons. The molecule has 0 aliphatic heterocycles. The number of halogens is 1. The predicted octanol–water partition coefficient (Wildman–Crippen LogP) is 2.20. The lowest BCUT2D eigenvalue weighted by atomic mass is 10.2. The van der Waals surface area contributed by atoms with E-state index in [-0.39, 0.29) is 5.91 Å². The van der Waals surface area contributed by atoms with Crippen molar-refractivity contribution in [3.05, 3.63) is 40.0 Å². The Morgan fingerprint density at radius 1 is 1.50 bits per heavy atom. The van der Waals surface area contributed by atoms with E-state index in [4.69, 9.17) is 0 Å². The number of carbonyl (C=O) groups is 2. The second-order valence-electron chi connectivity index (χ2n) is 2.88. The van der Waals surface area contributed by atoms with Gasteiger partial charge in [0.25, 0.3) is 0 Å². The van der Waals surface area contributed by atoms with Gasteiger partial charge < -0.3 is 10.1 Å². The van der Waals surface area contributed by atoms with Crippen LogP contribution in [0.4, 0.5) is 5.69 Å². The molecule has 0 aliphatic carbocycles. The lowest BCUT2D eigenvalue weighted by molar-refractivity contribution is -0.111. The number of anilines is 1. The minimum Gasteiger partial charge on any atom is -0.465 e. The number of carbonyl (C=O) groups excluding carboxylic acids is 2. The van der Waals surface area contributed by atoms with Crippen molar-refractivity contribution in [2.24, 2.45) is 0 Å². The first-order chi connectivity index (χ1) is 7.58. The highest BCUT2D eigenvalue weighted by atomic mass is 127. The van der Waals surface area contributed by atoms with Crippen molar-refractivity contribution in [1.82, 2.24) is 0 Å². The number of esters is 1. The second kappa shape index (κ2) is 5.64. The van der Waals surface area contributed by atoms with Crippen LogP contribution in [0.15, 0.2) is 30.9 Å². The van der Waals surface area contributed by atoms with Crippen molar-refractivity contribution >= 4 is 40.2 Å². The summed E-state index contributed by atoms with van der Waals surface area (Å²) < 4.78 is 5.35. The molecule has 0 aliphatic rings. The molecule has 5 heteroatoms. The molecule has 0 atom stereocenters. The molecule has 0 saturated carbocycles. The molecule has 16 heavy (non-hydrogen) atoms. The number of benzene rings is 1. The van der Waals surface area contributed by atoms with E-state index in [1.807, 2.05) is 22.6 Å². The summed E-state index contributed by atoms with van der Waals surface area (Å²) in [5.74, 6) is -0.691. The standard InChI is InChI=1S/C11H10INO3/c1-3-10(14)13-9-5-4-7(6-8(9)12)11(15)16-2/h3-6H,1H2,2H3,(H,13,14). The van der Waals surface area contributed by atoms with Gasteiger partial charge in [0.1, 0.15) is 0 Å².